The number of amides is 1. The van der Waals surface area contributed by atoms with Crippen LogP contribution < -0.4 is 0 Å². The highest BCUT2D eigenvalue weighted by Crippen LogP contribution is 2.44. The number of fused-ring (bicyclic) bond motifs is 3. The zero-order valence-electron chi connectivity index (χ0n) is 16.7. The first kappa shape index (κ1) is 20.6. The maximum absolute atomic E-state index is 12.4. The van der Waals surface area contributed by atoms with Gasteiger partial charge in [-0.3, -0.25) is 9.59 Å². The summed E-state index contributed by atoms with van der Waals surface area (Å²) in [6.45, 7) is 1.78. The highest BCUT2D eigenvalue weighted by Gasteiger charge is 2.29. The van der Waals surface area contributed by atoms with E-state index < -0.39 is 12.1 Å². The molecule has 0 saturated heterocycles. The van der Waals surface area contributed by atoms with Crippen molar-refractivity contribution in [3.8, 4) is 11.1 Å². The summed E-state index contributed by atoms with van der Waals surface area (Å²) >= 11 is 0. The van der Waals surface area contributed by atoms with Crippen LogP contribution in [0.2, 0.25) is 0 Å². The van der Waals surface area contributed by atoms with Gasteiger partial charge < -0.3 is 14.4 Å². The van der Waals surface area contributed by atoms with E-state index in [1.807, 2.05) is 24.3 Å². The molecule has 3 rings (SSSR count). The third kappa shape index (κ3) is 5.02. The fraction of sp³-hybridized carbons (Fsp3) is 0.348. The van der Waals surface area contributed by atoms with E-state index in [0.717, 1.165) is 11.1 Å². The minimum absolute atomic E-state index is 0.0151. The van der Waals surface area contributed by atoms with Gasteiger partial charge in [0.15, 0.2) is 5.78 Å². The minimum Gasteiger partial charge on any atom is -0.458 e. The largest absolute Gasteiger partial charge is 0.458 e. The molecule has 0 heterocycles. The first-order valence-electron chi connectivity index (χ1n) is 9.68. The molecule has 152 valence electrons. The van der Waals surface area contributed by atoms with Crippen molar-refractivity contribution in [3.05, 3.63) is 59.7 Å². The standard InChI is InChI=1S/C23H25NO5/c1-16(25)14-28-22(26)12-7-13-24(2)23(27)29-15-21-19-10-5-3-8-17(19)18-9-4-6-11-20(18)21/h3-6,8-11,21H,7,12-15H2,1-2H3. The molecule has 2 aromatic rings. The van der Waals surface area contributed by atoms with Crippen LogP contribution in [0.5, 0.6) is 0 Å². The lowest BCUT2D eigenvalue weighted by atomic mass is 9.98. The topological polar surface area (TPSA) is 72.9 Å². The van der Waals surface area contributed by atoms with Crippen molar-refractivity contribution >= 4 is 17.8 Å². The summed E-state index contributed by atoms with van der Waals surface area (Å²) in [6.07, 6.45) is 0.162. The van der Waals surface area contributed by atoms with Crippen LogP contribution >= 0.6 is 0 Å². The van der Waals surface area contributed by atoms with E-state index in [4.69, 9.17) is 9.47 Å². The number of benzene rings is 2. The van der Waals surface area contributed by atoms with E-state index in [2.05, 4.69) is 24.3 Å². The van der Waals surface area contributed by atoms with Crippen LogP contribution in [0.25, 0.3) is 11.1 Å². The Balaban J connectivity index is 1.50. The predicted octanol–water partition coefficient (Wildman–Crippen LogP) is 3.78. The van der Waals surface area contributed by atoms with Gasteiger partial charge >= 0.3 is 12.1 Å². The maximum atomic E-state index is 12.4. The number of ketones is 1. The van der Waals surface area contributed by atoms with Crippen molar-refractivity contribution in [1.82, 2.24) is 4.90 Å². The fourth-order valence-corrected chi connectivity index (χ4v) is 3.51. The summed E-state index contributed by atoms with van der Waals surface area (Å²) in [4.78, 5) is 36.1. The van der Waals surface area contributed by atoms with Crippen LogP contribution in [0, 0.1) is 0 Å². The highest BCUT2D eigenvalue weighted by atomic mass is 16.6. The quantitative estimate of drug-likeness (QED) is 0.636. The second-order valence-corrected chi connectivity index (χ2v) is 7.19. The van der Waals surface area contributed by atoms with Gasteiger partial charge in [0.25, 0.3) is 0 Å². The molecular weight excluding hydrogens is 370 g/mol. The Hall–Kier alpha value is -3.15. The number of esters is 1. The van der Waals surface area contributed by atoms with E-state index in [1.165, 1.54) is 23.0 Å². The molecule has 2 aromatic carbocycles. The lowest BCUT2D eigenvalue weighted by Crippen LogP contribution is -2.30. The molecule has 0 N–H and O–H groups in total. The van der Waals surface area contributed by atoms with Crippen LogP contribution in [-0.2, 0) is 19.1 Å². The van der Waals surface area contributed by atoms with Gasteiger partial charge in [-0.05, 0) is 35.6 Å². The lowest BCUT2D eigenvalue weighted by molar-refractivity contribution is -0.147. The van der Waals surface area contributed by atoms with Crippen LogP contribution in [-0.4, -0.2) is 49.6 Å². The number of carbonyl (C=O) groups is 3. The first-order chi connectivity index (χ1) is 14.0. The summed E-state index contributed by atoms with van der Waals surface area (Å²) < 4.78 is 10.4. The van der Waals surface area contributed by atoms with Crippen molar-refractivity contribution in [2.75, 3.05) is 26.8 Å². The summed E-state index contributed by atoms with van der Waals surface area (Å²) in [5.41, 5.74) is 4.69. The van der Waals surface area contributed by atoms with Gasteiger partial charge in [-0.15, -0.1) is 0 Å². The van der Waals surface area contributed by atoms with Crippen LogP contribution in [0.4, 0.5) is 4.79 Å². The maximum Gasteiger partial charge on any atom is 0.409 e. The van der Waals surface area contributed by atoms with Crippen molar-refractivity contribution in [2.24, 2.45) is 0 Å². The monoisotopic (exact) mass is 395 g/mol. The van der Waals surface area contributed by atoms with Crippen molar-refractivity contribution in [2.45, 2.75) is 25.7 Å². The summed E-state index contributed by atoms with van der Waals surface area (Å²) in [7, 11) is 1.64. The fourth-order valence-electron chi connectivity index (χ4n) is 3.51. The number of nitrogens with zero attached hydrogens (tertiary/aromatic N) is 1. The highest BCUT2D eigenvalue weighted by molar-refractivity contribution is 5.80. The second kappa shape index (κ2) is 9.37. The van der Waals surface area contributed by atoms with Crippen molar-refractivity contribution in [3.63, 3.8) is 0 Å². The smallest absolute Gasteiger partial charge is 0.409 e. The van der Waals surface area contributed by atoms with E-state index in [1.54, 1.807) is 7.05 Å². The Labute approximate surface area is 170 Å². The second-order valence-electron chi connectivity index (χ2n) is 7.19. The Kier molecular flexibility index (Phi) is 6.65. The zero-order valence-corrected chi connectivity index (χ0v) is 16.7. The Morgan fingerprint density at radius 3 is 2.10 bits per heavy atom. The molecule has 0 bridgehead atoms. The molecule has 0 aromatic heterocycles. The number of carbonyl (C=O) groups excluding carboxylic acids is 3. The summed E-state index contributed by atoms with van der Waals surface area (Å²) in [6, 6.07) is 16.3. The number of Topliss-reactive ketones (excluding diaryl/α,β-unsaturated/α-hetero) is 1. The minimum atomic E-state index is -0.443. The number of ether oxygens (including phenoxy) is 2. The van der Waals surface area contributed by atoms with Gasteiger partial charge in [0.1, 0.15) is 13.2 Å². The summed E-state index contributed by atoms with van der Waals surface area (Å²) in [5, 5.41) is 0. The molecule has 0 unspecified atom stereocenters. The zero-order chi connectivity index (χ0) is 20.8. The normalized spacial score (nSPS) is 12.1. The summed E-state index contributed by atoms with van der Waals surface area (Å²) in [5.74, 6) is -0.628. The molecule has 1 amide bonds. The van der Waals surface area contributed by atoms with Crippen molar-refractivity contribution in [1.29, 1.82) is 0 Å². The predicted molar refractivity (Wildman–Crippen MR) is 109 cm³/mol. The van der Waals surface area contributed by atoms with Crippen LogP contribution in [0.15, 0.2) is 48.5 Å². The van der Waals surface area contributed by atoms with Gasteiger partial charge in [0.05, 0.1) is 0 Å². The third-order valence-electron chi connectivity index (χ3n) is 4.96. The SMILES string of the molecule is CC(=O)COC(=O)CCCN(C)C(=O)OCC1c2ccccc2-c2ccccc21. The van der Waals surface area contributed by atoms with E-state index in [9.17, 15) is 14.4 Å². The molecule has 0 spiro atoms. The molecule has 0 aliphatic heterocycles. The number of hydrogen-bond donors (Lipinski definition) is 0. The number of rotatable bonds is 8. The average molecular weight is 395 g/mol. The van der Waals surface area contributed by atoms with Crippen molar-refractivity contribution < 1.29 is 23.9 Å². The molecule has 6 heteroatoms. The Bertz CT molecular complexity index is 862. The molecule has 29 heavy (non-hydrogen) atoms. The molecule has 0 radical (unpaired) electrons. The molecule has 0 atom stereocenters. The lowest BCUT2D eigenvalue weighted by Gasteiger charge is -2.19. The Morgan fingerprint density at radius 1 is 0.931 bits per heavy atom. The van der Waals surface area contributed by atoms with Gasteiger partial charge in [-0.1, -0.05) is 48.5 Å². The van der Waals surface area contributed by atoms with E-state index in [-0.39, 0.29) is 31.3 Å². The van der Waals surface area contributed by atoms with Gasteiger partial charge in [-0.25, -0.2) is 4.79 Å². The number of hydrogen-bond acceptors (Lipinski definition) is 5. The van der Waals surface area contributed by atoms with E-state index >= 15 is 0 Å². The third-order valence-corrected chi connectivity index (χ3v) is 4.96. The average Bonchev–Trinajstić information content (AvgIpc) is 3.04. The van der Waals surface area contributed by atoms with Gasteiger partial charge in [0, 0.05) is 25.9 Å². The molecule has 1 aliphatic rings. The first-order valence-corrected chi connectivity index (χ1v) is 9.68. The van der Waals surface area contributed by atoms with Crippen LogP contribution in [0.3, 0.4) is 0 Å². The Morgan fingerprint density at radius 2 is 1.52 bits per heavy atom. The van der Waals surface area contributed by atoms with Crippen LogP contribution in [0.1, 0.15) is 36.8 Å². The molecule has 0 saturated carbocycles. The molecule has 1 aliphatic carbocycles. The van der Waals surface area contributed by atoms with Gasteiger partial charge in [-0.2, -0.15) is 0 Å². The molecule has 6 nitrogen and oxygen atoms in total. The molecular formula is C23H25NO5. The van der Waals surface area contributed by atoms with Gasteiger partial charge in [0.2, 0.25) is 0 Å². The molecule has 0 fully saturated rings. The van der Waals surface area contributed by atoms with E-state index in [0.29, 0.717) is 13.0 Å².